The predicted octanol–water partition coefficient (Wildman–Crippen LogP) is 6.18. The second-order valence-corrected chi connectivity index (χ2v) is 9.52. The molecule has 0 amide bonds. The summed E-state index contributed by atoms with van der Waals surface area (Å²) in [6.45, 7) is 9.66. The molecule has 0 N–H and O–H groups in total. The van der Waals surface area contributed by atoms with Crippen molar-refractivity contribution in [3.05, 3.63) is 64.5 Å². The molecule has 1 aromatic carbocycles. The van der Waals surface area contributed by atoms with E-state index in [4.69, 9.17) is 4.74 Å². The number of likely N-dealkylation sites (tertiary alicyclic amines) is 1. The number of halogens is 1. The molecule has 1 fully saturated rings. The van der Waals surface area contributed by atoms with E-state index < -0.39 is 0 Å². The van der Waals surface area contributed by atoms with Crippen molar-refractivity contribution in [2.45, 2.75) is 65.3 Å². The number of benzene rings is 1. The van der Waals surface area contributed by atoms with Gasteiger partial charge in [0.15, 0.2) is 5.78 Å². The summed E-state index contributed by atoms with van der Waals surface area (Å²) in [5.74, 6) is 1.26. The van der Waals surface area contributed by atoms with Crippen molar-refractivity contribution in [2.24, 2.45) is 5.41 Å². The molecule has 31 heavy (non-hydrogen) atoms. The predicted molar refractivity (Wildman–Crippen MR) is 123 cm³/mol. The van der Waals surface area contributed by atoms with Crippen LogP contribution in [-0.2, 0) is 11.3 Å². The summed E-state index contributed by atoms with van der Waals surface area (Å²) in [6.07, 6.45) is 11.9. The van der Waals surface area contributed by atoms with Crippen molar-refractivity contribution >= 4 is 5.78 Å². The molecule has 0 radical (unpaired) electrons. The molecule has 1 heterocycles. The zero-order valence-electron chi connectivity index (χ0n) is 19.0. The lowest BCUT2D eigenvalue weighted by molar-refractivity contribution is -0.119. The SMILES string of the molecule is CCOc1cc(CN2CCC3(CC=C(C)C(=O)C3)CC2)cc(C)c1C1C=CC(F)=CC1. The highest BCUT2D eigenvalue weighted by Gasteiger charge is 2.38. The van der Waals surface area contributed by atoms with Gasteiger partial charge in [-0.25, -0.2) is 4.39 Å². The van der Waals surface area contributed by atoms with Crippen LogP contribution >= 0.6 is 0 Å². The maximum atomic E-state index is 13.4. The monoisotopic (exact) mass is 423 g/mol. The van der Waals surface area contributed by atoms with E-state index >= 15 is 0 Å². The smallest absolute Gasteiger partial charge is 0.158 e. The van der Waals surface area contributed by atoms with Gasteiger partial charge in [-0.3, -0.25) is 9.69 Å². The Hall–Kier alpha value is -2.20. The fourth-order valence-corrected chi connectivity index (χ4v) is 5.35. The van der Waals surface area contributed by atoms with Crippen LogP contribution in [0.1, 0.15) is 68.6 Å². The number of nitrogens with zero attached hydrogens (tertiary/aromatic N) is 1. The topological polar surface area (TPSA) is 29.5 Å². The largest absolute Gasteiger partial charge is 0.494 e. The van der Waals surface area contributed by atoms with E-state index in [-0.39, 0.29) is 17.2 Å². The summed E-state index contributed by atoms with van der Waals surface area (Å²) in [6, 6.07) is 4.44. The Bertz CT molecular complexity index is 935. The van der Waals surface area contributed by atoms with Gasteiger partial charge in [-0.15, -0.1) is 0 Å². The number of hydrogen-bond acceptors (Lipinski definition) is 3. The molecule has 0 aromatic heterocycles. The molecule has 1 spiro atoms. The number of carbonyl (C=O) groups is 1. The van der Waals surface area contributed by atoms with Gasteiger partial charge >= 0.3 is 0 Å². The van der Waals surface area contributed by atoms with E-state index in [0.717, 1.165) is 56.6 Å². The summed E-state index contributed by atoms with van der Waals surface area (Å²) in [5.41, 5.74) is 4.76. The summed E-state index contributed by atoms with van der Waals surface area (Å²) in [5, 5.41) is 0. The van der Waals surface area contributed by atoms with Crippen LogP contribution < -0.4 is 4.74 Å². The fourth-order valence-electron chi connectivity index (χ4n) is 5.35. The molecule has 4 rings (SSSR count). The van der Waals surface area contributed by atoms with Gasteiger partial charge in [0.1, 0.15) is 11.6 Å². The minimum Gasteiger partial charge on any atom is -0.494 e. The Balaban J connectivity index is 1.46. The Labute approximate surface area is 185 Å². The fraction of sp³-hybridized carbons (Fsp3) is 0.519. The normalized spacial score (nSPS) is 23.6. The maximum Gasteiger partial charge on any atom is 0.158 e. The van der Waals surface area contributed by atoms with Crippen molar-refractivity contribution < 1.29 is 13.9 Å². The molecule has 1 atom stereocenters. The lowest BCUT2D eigenvalue weighted by Crippen LogP contribution is -2.41. The highest BCUT2D eigenvalue weighted by atomic mass is 19.1. The third kappa shape index (κ3) is 4.85. The Morgan fingerprint density at radius 1 is 1.19 bits per heavy atom. The molecule has 0 bridgehead atoms. The number of ether oxygens (including phenoxy) is 1. The molecule has 1 unspecified atom stereocenters. The van der Waals surface area contributed by atoms with Gasteiger partial charge in [0.05, 0.1) is 6.61 Å². The number of carbonyl (C=O) groups excluding carboxylic acids is 1. The molecular formula is C27H34FNO2. The van der Waals surface area contributed by atoms with Gasteiger partial charge in [0.2, 0.25) is 0 Å². The van der Waals surface area contributed by atoms with Crippen LogP contribution in [-0.4, -0.2) is 30.4 Å². The number of hydrogen-bond donors (Lipinski definition) is 0. The van der Waals surface area contributed by atoms with Crippen LogP contribution in [0.2, 0.25) is 0 Å². The lowest BCUT2D eigenvalue weighted by atomic mass is 9.68. The van der Waals surface area contributed by atoms with Gasteiger partial charge in [-0.2, -0.15) is 0 Å². The van der Waals surface area contributed by atoms with Crippen molar-refractivity contribution in [2.75, 3.05) is 19.7 Å². The van der Waals surface area contributed by atoms with Gasteiger partial charge in [0.25, 0.3) is 0 Å². The standard InChI is InChI=1S/C27H34FNO2/c1-4-31-25-16-21(15-20(3)26(25)22-5-7-23(28)8-6-22)18-29-13-11-27(12-14-29)10-9-19(2)24(30)17-27/h5,7-9,15-16,22H,4,6,10-14,17-18H2,1-3H3. The van der Waals surface area contributed by atoms with Crippen molar-refractivity contribution in [1.82, 2.24) is 4.90 Å². The highest BCUT2D eigenvalue weighted by Crippen LogP contribution is 2.43. The first-order chi connectivity index (χ1) is 14.9. The molecule has 1 aliphatic heterocycles. The number of Topliss-reactive ketones (excluding diaryl/α,β-unsaturated/α-hetero) is 1. The average Bonchev–Trinajstić information content (AvgIpc) is 2.74. The highest BCUT2D eigenvalue weighted by molar-refractivity contribution is 5.96. The summed E-state index contributed by atoms with van der Waals surface area (Å²) >= 11 is 0. The van der Waals surface area contributed by atoms with E-state index in [2.05, 4.69) is 30.0 Å². The molecule has 1 aromatic rings. The van der Waals surface area contributed by atoms with E-state index in [1.165, 1.54) is 16.7 Å². The van der Waals surface area contributed by atoms with E-state index in [0.29, 0.717) is 18.8 Å². The van der Waals surface area contributed by atoms with E-state index in [1.807, 2.05) is 19.9 Å². The lowest BCUT2D eigenvalue weighted by Gasteiger charge is -2.43. The van der Waals surface area contributed by atoms with E-state index in [1.54, 1.807) is 12.2 Å². The first-order valence-electron chi connectivity index (χ1n) is 11.6. The number of piperidine rings is 1. The second kappa shape index (κ2) is 9.12. The quantitative estimate of drug-likeness (QED) is 0.566. The van der Waals surface area contributed by atoms with Crippen LogP contribution in [0.3, 0.4) is 0 Å². The maximum absolute atomic E-state index is 13.4. The number of rotatable bonds is 5. The van der Waals surface area contributed by atoms with Crippen LogP contribution in [0.5, 0.6) is 5.75 Å². The van der Waals surface area contributed by atoms with Crippen molar-refractivity contribution in [1.29, 1.82) is 0 Å². The van der Waals surface area contributed by atoms with Crippen LogP contribution in [0.25, 0.3) is 0 Å². The van der Waals surface area contributed by atoms with Gasteiger partial charge < -0.3 is 4.74 Å². The molecule has 0 saturated carbocycles. The molecular weight excluding hydrogens is 389 g/mol. The van der Waals surface area contributed by atoms with Crippen molar-refractivity contribution in [3.8, 4) is 5.75 Å². The Morgan fingerprint density at radius 3 is 2.61 bits per heavy atom. The second-order valence-electron chi connectivity index (χ2n) is 9.52. The first-order valence-corrected chi connectivity index (χ1v) is 11.6. The Kier molecular flexibility index (Phi) is 6.47. The first kappa shape index (κ1) is 22.0. The zero-order chi connectivity index (χ0) is 22.0. The van der Waals surface area contributed by atoms with E-state index in [9.17, 15) is 9.18 Å². The Morgan fingerprint density at radius 2 is 1.97 bits per heavy atom. The minimum absolute atomic E-state index is 0.156. The summed E-state index contributed by atoms with van der Waals surface area (Å²) in [7, 11) is 0. The molecule has 4 heteroatoms. The van der Waals surface area contributed by atoms with Crippen molar-refractivity contribution in [3.63, 3.8) is 0 Å². The summed E-state index contributed by atoms with van der Waals surface area (Å²) in [4.78, 5) is 14.7. The van der Waals surface area contributed by atoms with Crippen LogP contribution in [0.15, 0.2) is 47.8 Å². The van der Waals surface area contributed by atoms with Gasteiger partial charge in [-0.1, -0.05) is 18.2 Å². The molecule has 3 aliphatic rings. The van der Waals surface area contributed by atoms with Crippen LogP contribution in [0.4, 0.5) is 4.39 Å². The minimum atomic E-state index is -0.156. The van der Waals surface area contributed by atoms with Crippen LogP contribution in [0, 0.1) is 12.3 Å². The molecule has 2 aliphatic carbocycles. The van der Waals surface area contributed by atoms with Gasteiger partial charge in [-0.05, 0) is 99.9 Å². The zero-order valence-corrected chi connectivity index (χ0v) is 19.0. The average molecular weight is 424 g/mol. The number of ketones is 1. The third-order valence-electron chi connectivity index (χ3n) is 7.27. The third-order valence-corrected chi connectivity index (χ3v) is 7.27. The molecule has 166 valence electrons. The number of aryl methyl sites for hydroxylation is 1. The number of allylic oxidation sites excluding steroid dienone is 6. The summed E-state index contributed by atoms with van der Waals surface area (Å²) < 4.78 is 19.5. The molecule has 3 nitrogen and oxygen atoms in total. The van der Waals surface area contributed by atoms with Gasteiger partial charge in [0, 0.05) is 24.4 Å². The molecule has 1 saturated heterocycles.